The van der Waals surface area contributed by atoms with Crippen LogP contribution in [-0.4, -0.2) is 6.04 Å². The van der Waals surface area contributed by atoms with Gasteiger partial charge in [0.15, 0.2) is 0 Å². The Balaban J connectivity index is 2.27. The first kappa shape index (κ1) is 6.86. The maximum absolute atomic E-state index is 2.40. The first-order chi connectivity index (χ1) is 5.40. The van der Waals surface area contributed by atoms with E-state index < -0.39 is 0 Å². The largest absolute Gasteiger partial charge is 0.311 e. The monoisotopic (exact) mass is 148 g/mol. The lowest BCUT2D eigenvalue weighted by Gasteiger charge is -1.99. The highest BCUT2D eigenvalue weighted by Crippen LogP contribution is 2.17. The number of benzene rings is 1. The summed E-state index contributed by atoms with van der Waals surface area (Å²) >= 11 is 0. The van der Waals surface area contributed by atoms with Crippen molar-refractivity contribution in [3.63, 3.8) is 0 Å². The molecule has 0 saturated heterocycles. The fourth-order valence-corrected chi connectivity index (χ4v) is 1.74. The summed E-state index contributed by atoms with van der Waals surface area (Å²) in [5.74, 6) is 0. The Kier molecular flexibility index (Phi) is 1.66. The highest BCUT2D eigenvalue weighted by Gasteiger charge is 2.22. The molecule has 1 heterocycles. The van der Waals surface area contributed by atoms with E-state index in [0.29, 0.717) is 0 Å². The van der Waals surface area contributed by atoms with Gasteiger partial charge < -0.3 is 5.32 Å². The molecule has 1 unspecified atom stereocenters. The van der Waals surface area contributed by atoms with E-state index in [9.17, 15) is 0 Å². The van der Waals surface area contributed by atoms with Crippen molar-refractivity contribution in [3.05, 3.63) is 29.8 Å². The molecule has 1 heteroatoms. The summed E-state index contributed by atoms with van der Waals surface area (Å²) in [4.78, 5) is 0. The molecule has 0 saturated carbocycles. The lowest BCUT2D eigenvalue weighted by atomic mass is 10.1. The van der Waals surface area contributed by atoms with Gasteiger partial charge >= 0.3 is 0 Å². The molecule has 1 atom stereocenters. The number of para-hydroxylation sites is 1. The Morgan fingerprint density at radius 2 is 2.27 bits per heavy atom. The van der Waals surface area contributed by atoms with Crippen LogP contribution in [0.4, 0.5) is 5.69 Å². The smallest absolute Gasteiger partial charge is 0.133 e. The molecule has 1 aliphatic heterocycles. The van der Waals surface area contributed by atoms with Crippen molar-refractivity contribution in [2.75, 3.05) is 0 Å². The standard InChI is InChI=1S/C10H13N/c1-2-9-7-8-5-3-4-6-10(8)11-9/h3-6,9,11H,2,7H2,1H3/p+1. The van der Waals surface area contributed by atoms with Crippen LogP contribution >= 0.6 is 0 Å². The van der Waals surface area contributed by atoms with Crippen LogP contribution in [-0.2, 0) is 6.42 Å². The average molecular weight is 148 g/mol. The lowest BCUT2D eigenvalue weighted by Crippen LogP contribution is -2.82. The van der Waals surface area contributed by atoms with Gasteiger partial charge in [-0.2, -0.15) is 0 Å². The molecular formula is C10H14N+. The van der Waals surface area contributed by atoms with Crippen LogP contribution in [0.25, 0.3) is 0 Å². The third-order valence-corrected chi connectivity index (χ3v) is 2.48. The molecule has 0 aromatic heterocycles. The summed E-state index contributed by atoms with van der Waals surface area (Å²) < 4.78 is 0. The minimum absolute atomic E-state index is 0.799. The number of fused-ring (bicyclic) bond motifs is 1. The van der Waals surface area contributed by atoms with Crippen molar-refractivity contribution in [1.29, 1.82) is 0 Å². The second-order valence-electron chi connectivity index (χ2n) is 3.24. The molecule has 2 N–H and O–H groups in total. The third-order valence-electron chi connectivity index (χ3n) is 2.48. The summed E-state index contributed by atoms with van der Waals surface area (Å²) in [5, 5.41) is 2.40. The molecule has 1 aromatic rings. The van der Waals surface area contributed by atoms with Crippen LogP contribution in [0, 0.1) is 0 Å². The summed E-state index contributed by atoms with van der Waals surface area (Å²) in [6.45, 7) is 2.26. The minimum Gasteiger partial charge on any atom is -0.311 e. The van der Waals surface area contributed by atoms with E-state index in [1.165, 1.54) is 24.1 Å². The molecule has 1 nitrogen and oxygen atoms in total. The van der Waals surface area contributed by atoms with E-state index in [-0.39, 0.29) is 0 Å². The zero-order valence-electron chi connectivity index (χ0n) is 6.88. The van der Waals surface area contributed by atoms with E-state index >= 15 is 0 Å². The van der Waals surface area contributed by atoms with Crippen molar-refractivity contribution < 1.29 is 5.32 Å². The van der Waals surface area contributed by atoms with Gasteiger partial charge in [-0.25, -0.2) is 0 Å². The summed E-state index contributed by atoms with van der Waals surface area (Å²) in [6.07, 6.45) is 2.53. The Morgan fingerprint density at radius 3 is 3.00 bits per heavy atom. The SMILES string of the molecule is CCC1Cc2ccccc2[NH2+]1. The summed E-state index contributed by atoms with van der Waals surface area (Å²) in [6, 6.07) is 9.50. The zero-order chi connectivity index (χ0) is 7.68. The van der Waals surface area contributed by atoms with Crippen LogP contribution in [0.1, 0.15) is 18.9 Å². The first-order valence-corrected chi connectivity index (χ1v) is 4.33. The molecule has 1 aromatic carbocycles. The molecule has 0 fully saturated rings. The fraction of sp³-hybridized carbons (Fsp3) is 0.400. The Labute approximate surface area is 67.4 Å². The number of rotatable bonds is 1. The van der Waals surface area contributed by atoms with E-state index in [1.54, 1.807) is 0 Å². The minimum atomic E-state index is 0.799. The van der Waals surface area contributed by atoms with Crippen molar-refractivity contribution >= 4 is 5.69 Å². The van der Waals surface area contributed by atoms with Gasteiger partial charge in [-0.15, -0.1) is 0 Å². The van der Waals surface area contributed by atoms with E-state index in [1.807, 2.05) is 0 Å². The predicted molar refractivity (Wildman–Crippen MR) is 45.8 cm³/mol. The second-order valence-corrected chi connectivity index (χ2v) is 3.24. The van der Waals surface area contributed by atoms with Crippen molar-refractivity contribution in [2.45, 2.75) is 25.8 Å². The highest BCUT2D eigenvalue weighted by atomic mass is 14.9. The molecular weight excluding hydrogens is 134 g/mol. The topological polar surface area (TPSA) is 16.6 Å². The van der Waals surface area contributed by atoms with Gasteiger partial charge in [0.25, 0.3) is 0 Å². The number of hydrogen-bond acceptors (Lipinski definition) is 0. The number of hydrogen-bond donors (Lipinski definition) is 1. The third kappa shape index (κ3) is 1.16. The van der Waals surface area contributed by atoms with E-state index in [2.05, 4.69) is 36.5 Å². The van der Waals surface area contributed by atoms with Gasteiger partial charge in [0.2, 0.25) is 0 Å². The maximum Gasteiger partial charge on any atom is 0.133 e. The van der Waals surface area contributed by atoms with E-state index in [0.717, 1.165) is 6.04 Å². The predicted octanol–water partition coefficient (Wildman–Crippen LogP) is 1.22. The molecule has 0 spiro atoms. The van der Waals surface area contributed by atoms with Crippen LogP contribution in [0.15, 0.2) is 24.3 Å². The van der Waals surface area contributed by atoms with Gasteiger partial charge in [0.05, 0.1) is 6.04 Å². The second kappa shape index (κ2) is 2.67. The molecule has 0 amide bonds. The van der Waals surface area contributed by atoms with Crippen LogP contribution in [0.2, 0.25) is 0 Å². The van der Waals surface area contributed by atoms with Crippen molar-refractivity contribution in [2.24, 2.45) is 0 Å². The molecule has 11 heavy (non-hydrogen) atoms. The van der Waals surface area contributed by atoms with Crippen LogP contribution in [0.3, 0.4) is 0 Å². The molecule has 1 aliphatic rings. The fourth-order valence-electron chi connectivity index (χ4n) is 1.74. The normalized spacial score (nSPS) is 21.7. The number of nitrogens with two attached hydrogens (primary N) is 1. The summed E-state index contributed by atoms with van der Waals surface area (Å²) in [5.41, 5.74) is 2.98. The molecule has 0 aliphatic carbocycles. The van der Waals surface area contributed by atoms with Gasteiger partial charge in [-0.3, -0.25) is 0 Å². The van der Waals surface area contributed by atoms with Gasteiger partial charge in [0.1, 0.15) is 5.69 Å². The zero-order valence-corrected chi connectivity index (χ0v) is 6.88. The van der Waals surface area contributed by atoms with Gasteiger partial charge in [-0.05, 0) is 12.5 Å². The maximum atomic E-state index is 2.40. The number of quaternary nitrogens is 1. The molecule has 2 rings (SSSR count). The van der Waals surface area contributed by atoms with Crippen LogP contribution in [0.5, 0.6) is 0 Å². The molecule has 0 bridgehead atoms. The van der Waals surface area contributed by atoms with Gasteiger partial charge in [-0.1, -0.05) is 25.1 Å². The average Bonchev–Trinajstić information content (AvgIpc) is 2.46. The quantitative estimate of drug-likeness (QED) is 0.577. The lowest BCUT2D eigenvalue weighted by molar-refractivity contribution is -0.601. The Morgan fingerprint density at radius 1 is 1.45 bits per heavy atom. The molecule has 0 radical (unpaired) electrons. The van der Waals surface area contributed by atoms with Crippen LogP contribution < -0.4 is 5.32 Å². The van der Waals surface area contributed by atoms with Gasteiger partial charge in [0, 0.05) is 12.0 Å². The Hall–Kier alpha value is -0.820. The highest BCUT2D eigenvalue weighted by molar-refractivity contribution is 5.41. The van der Waals surface area contributed by atoms with Crippen molar-refractivity contribution in [3.8, 4) is 0 Å². The molecule has 58 valence electrons. The van der Waals surface area contributed by atoms with Crippen molar-refractivity contribution in [1.82, 2.24) is 0 Å². The van der Waals surface area contributed by atoms with E-state index in [4.69, 9.17) is 0 Å². The Bertz CT molecular complexity index is 230. The summed E-state index contributed by atoms with van der Waals surface area (Å²) in [7, 11) is 0. The first-order valence-electron chi connectivity index (χ1n) is 4.33.